The van der Waals surface area contributed by atoms with E-state index >= 15 is 0 Å². The van der Waals surface area contributed by atoms with Crippen LogP contribution in [0.5, 0.6) is 0 Å². The Balaban J connectivity index is 1.88. The summed E-state index contributed by atoms with van der Waals surface area (Å²) in [5.41, 5.74) is 7.89. The first-order valence-electron chi connectivity index (χ1n) is 5.57. The maximum Gasteiger partial charge on any atom is 0.153 e. The quantitative estimate of drug-likeness (QED) is 0.844. The third-order valence-corrected chi connectivity index (χ3v) is 2.93. The van der Waals surface area contributed by atoms with Crippen molar-refractivity contribution in [1.82, 2.24) is 14.8 Å². The molecular formula is C12H14N4. The fraction of sp³-hybridized carbons (Fsp3) is 0.333. The highest BCUT2D eigenvalue weighted by atomic mass is 15.3. The Morgan fingerprint density at radius 3 is 2.81 bits per heavy atom. The molecule has 2 aromatic rings. The van der Waals surface area contributed by atoms with Gasteiger partial charge >= 0.3 is 0 Å². The van der Waals surface area contributed by atoms with Crippen LogP contribution in [0.1, 0.15) is 29.9 Å². The molecule has 82 valence electrons. The van der Waals surface area contributed by atoms with Crippen molar-refractivity contribution in [3.8, 4) is 5.82 Å². The van der Waals surface area contributed by atoms with Crippen molar-refractivity contribution in [2.75, 3.05) is 0 Å². The van der Waals surface area contributed by atoms with Crippen LogP contribution in [0.4, 0.5) is 0 Å². The van der Waals surface area contributed by atoms with Gasteiger partial charge in [0.2, 0.25) is 0 Å². The predicted molar refractivity (Wildman–Crippen MR) is 61.2 cm³/mol. The Labute approximate surface area is 94.1 Å². The molecule has 0 spiro atoms. The molecule has 0 atom stereocenters. The van der Waals surface area contributed by atoms with E-state index in [9.17, 15) is 0 Å². The summed E-state index contributed by atoms with van der Waals surface area (Å²) in [4.78, 5) is 4.33. The van der Waals surface area contributed by atoms with Crippen LogP contribution in [-0.2, 0) is 6.54 Å². The van der Waals surface area contributed by atoms with Crippen LogP contribution < -0.4 is 5.73 Å². The number of nitrogens with two attached hydrogens (primary N) is 1. The second kappa shape index (κ2) is 3.72. The number of nitrogens with zero attached hydrogens (tertiary/aromatic N) is 3. The minimum atomic E-state index is 0.527. The second-order valence-corrected chi connectivity index (χ2v) is 4.22. The molecule has 0 saturated heterocycles. The van der Waals surface area contributed by atoms with Crippen molar-refractivity contribution in [3.05, 3.63) is 41.9 Å². The van der Waals surface area contributed by atoms with Crippen LogP contribution in [-0.4, -0.2) is 14.8 Å². The highest BCUT2D eigenvalue weighted by Gasteiger charge is 2.24. The summed E-state index contributed by atoms with van der Waals surface area (Å²) in [7, 11) is 0. The number of hydrogen-bond acceptors (Lipinski definition) is 3. The third-order valence-electron chi connectivity index (χ3n) is 2.93. The second-order valence-electron chi connectivity index (χ2n) is 4.22. The van der Waals surface area contributed by atoms with Crippen LogP contribution in [0.15, 0.2) is 30.7 Å². The van der Waals surface area contributed by atoms with Gasteiger partial charge in [0.05, 0.1) is 6.20 Å². The summed E-state index contributed by atoms with van der Waals surface area (Å²) < 4.78 is 1.83. The van der Waals surface area contributed by atoms with Crippen molar-refractivity contribution in [2.45, 2.75) is 25.3 Å². The summed E-state index contributed by atoms with van der Waals surface area (Å²) in [6.45, 7) is 0.527. The minimum Gasteiger partial charge on any atom is -0.326 e. The molecule has 2 heterocycles. The van der Waals surface area contributed by atoms with Gasteiger partial charge in [-0.3, -0.25) is 0 Å². The van der Waals surface area contributed by atoms with Gasteiger partial charge in [-0.05, 0) is 36.0 Å². The molecule has 4 heteroatoms. The first-order chi connectivity index (χ1) is 7.86. The SMILES string of the molecule is NCc1ccc(-n2cc(C3CC3)cn2)nc1. The Bertz CT molecular complexity index is 482. The molecule has 1 saturated carbocycles. The number of rotatable bonds is 3. The van der Waals surface area contributed by atoms with Gasteiger partial charge in [-0.2, -0.15) is 5.10 Å². The molecule has 0 radical (unpaired) electrons. The van der Waals surface area contributed by atoms with E-state index in [0.29, 0.717) is 6.54 Å². The minimum absolute atomic E-state index is 0.527. The van der Waals surface area contributed by atoms with Crippen molar-refractivity contribution in [1.29, 1.82) is 0 Å². The predicted octanol–water partition coefficient (Wildman–Crippen LogP) is 1.60. The smallest absolute Gasteiger partial charge is 0.153 e. The van der Waals surface area contributed by atoms with E-state index in [-0.39, 0.29) is 0 Å². The summed E-state index contributed by atoms with van der Waals surface area (Å²) >= 11 is 0. The summed E-state index contributed by atoms with van der Waals surface area (Å²) in [6, 6.07) is 3.94. The number of aromatic nitrogens is 3. The lowest BCUT2D eigenvalue weighted by atomic mass is 10.2. The summed E-state index contributed by atoms with van der Waals surface area (Å²) in [5, 5.41) is 4.33. The van der Waals surface area contributed by atoms with E-state index in [1.807, 2.05) is 23.0 Å². The maximum absolute atomic E-state index is 5.53. The Kier molecular flexibility index (Phi) is 2.22. The molecule has 0 bridgehead atoms. The maximum atomic E-state index is 5.53. The molecular weight excluding hydrogens is 200 g/mol. The van der Waals surface area contributed by atoms with E-state index in [0.717, 1.165) is 17.3 Å². The Morgan fingerprint density at radius 2 is 2.19 bits per heavy atom. The molecule has 3 rings (SSSR count). The van der Waals surface area contributed by atoms with Gasteiger partial charge in [0.15, 0.2) is 5.82 Å². The van der Waals surface area contributed by atoms with E-state index in [1.54, 1.807) is 6.20 Å². The van der Waals surface area contributed by atoms with E-state index in [2.05, 4.69) is 16.3 Å². The van der Waals surface area contributed by atoms with Crippen molar-refractivity contribution in [2.24, 2.45) is 5.73 Å². The molecule has 0 unspecified atom stereocenters. The molecule has 1 aliphatic rings. The summed E-state index contributed by atoms with van der Waals surface area (Å²) in [6.07, 6.45) is 8.41. The van der Waals surface area contributed by atoms with E-state index in [4.69, 9.17) is 5.73 Å². The van der Waals surface area contributed by atoms with E-state index in [1.165, 1.54) is 18.4 Å². The fourth-order valence-corrected chi connectivity index (χ4v) is 1.76. The molecule has 0 aliphatic heterocycles. The zero-order valence-corrected chi connectivity index (χ0v) is 9.00. The fourth-order valence-electron chi connectivity index (χ4n) is 1.76. The largest absolute Gasteiger partial charge is 0.326 e. The lowest BCUT2D eigenvalue weighted by Gasteiger charge is -2.00. The van der Waals surface area contributed by atoms with Crippen molar-refractivity contribution < 1.29 is 0 Å². The van der Waals surface area contributed by atoms with Crippen LogP contribution in [0.2, 0.25) is 0 Å². The molecule has 1 aliphatic carbocycles. The molecule has 2 N–H and O–H groups in total. The number of pyridine rings is 1. The Morgan fingerprint density at radius 1 is 1.31 bits per heavy atom. The first-order valence-corrected chi connectivity index (χ1v) is 5.57. The van der Waals surface area contributed by atoms with E-state index < -0.39 is 0 Å². The lowest BCUT2D eigenvalue weighted by molar-refractivity contribution is 0.841. The zero-order valence-electron chi connectivity index (χ0n) is 9.00. The molecule has 2 aromatic heterocycles. The first kappa shape index (κ1) is 9.54. The molecule has 1 fully saturated rings. The van der Waals surface area contributed by atoms with Gasteiger partial charge in [0.25, 0.3) is 0 Å². The highest BCUT2D eigenvalue weighted by molar-refractivity contribution is 5.27. The molecule has 16 heavy (non-hydrogen) atoms. The lowest BCUT2D eigenvalue weighted by Crippen LogP contribution is -2.01. The monoisotopic (exact) mass is 214 g/mol. The number of hydrogen-bond donors (Lipinski definition) is 1. The van der Waals surface area contributed by atoms with Crippen molar-refractivity contribution >= 4 is 0 Å². The van der Waals surface area contributed by atoms with Crippen LogP contribution in [0.25, 0.3) is 5.82 Å². The normalized spacial score (nSPS) is 15.3. The van der Waals surface area contributed by atoms with Gasteiger partial charge in [-0.25, -0.2) is 9.67 Å². The van der Waals surface area contributed by atoms with Gasteiger partial charge < -0.3 is 5.73 Å². The molecule has 4 nitrogen and oxygen atoms in total. The highest BCUT2D eigenvalue weighted by Crippen LogP contribution is 2.39. The van der Waals surface area contributed by atoms with Crippen molar-refractivity contribution in [3.63, 3.8) is 0 Å². The van der Waals surface area contributed by atoms with Crippen LogP contribution in [0.3, 0.4) is 0 Å². The average Bonchev–Trinajstić information content (AvgIpc) is 3.08. The standard InChI is InChI=1S/C12H14N4/c13-5-9-1-4-12(14-6-9)16-8-11(7-15-16)10-2-3-10/h1,4,6-8,10H,2-3,5,13H2. The van der Waals surface area contributed by atoms with Crippen LogP contribution >= 0.6 is 0 Å². The van der Waals surface area contributed by atoms with Gasteiger partial charge in [-0.15, -0.1) is 0 Å². The van der Waals surface area contributed by atoms with Crippen LogP contribution in [0, 0.1) is 0 Å². The zero-order chi connectivity index (χ0) is 11.0. The third kappa shape index (κ3) is 1.72. The molecule has 0 aromatic carbocycles. The topological polar surface area (TPSA) is 56.7 Å². The summed E-state index contributed by atoms with van der Waals surface area (Å²) in [5.74, 6) is 1.58. The average molecular weight is 214 g/mol. The molecule has 0 amide bonds. The Hall–Kier alpha value is -1.68. The van der Waals surface area contributed by atoms with Gasteiger partial charge in [0.1, 0.15) is 0 Å². The van der Waals surface area contributed by atoms with Gasteiger partial charge in [0, 0.05) is 18.9 Å². The van der Waals surface area contributed by atoms with Gasteiger partial charge in [-0.1, -0.05) is 6.07 Å².